The molecular formula is C37H20N2O2. The maximum Gasteiger partial charge on any atom is 0.145 e. The molecule has 0 unspecified atom stereocenters. The summed E-state index contributed by atoms with van der Waals surface area (Å²) >= 11 is 0. The van der Waals surface area contributed by atoms with E-state index in [2.05, 4.69) is 71.3 Å². The fourth-order valence-corrected chi connectivity index (χ4v) is 6.48. The van der Waals surface area contributed by atoms with Gasteiger partial charge in [-0.3, -0.25) is 0 Å². The van der Waals surface area contributed by atoms with Gasteiger partial charge in [0, 0.05) is 32.5 Å². The summed E-state index contributed by atoms with van der Waals surface area (Å²) in [6.07, 6.45) is 0. The average Bonchev–Trinajstić information content (AvgIpc) is 3.69. The van der Waals surface area contributed by atoms with Gasteiger partial charge < -0.3 is 13.4 Å². The van der Waals surface area contributed by atoms with E-state index in [1.807, 2.05) is 60.7 Å². The lowest BCUT2D eigenvalue weighted by Gasteiger charge is -2.16. The predicted octanol–water partition coefficient (Wildman–Crippen LogP) is 10.1. The molecule has 0 aliphatic rings. The minimum atomic E-state index is 0.604. The van der Waals surface area contributed by atoms with Crippen LogP contribution in [0.5, 0.6) is 0 Å². The zero-order chi connectivity index (χ0) is 27.1. The molecule has 0 aliphatic carbocycles. The number of para-hydroxylation sites is 4. The average molecular weight is 525 g/mol. The number of rotatable bonds is 2. The summed E-state index contributed by atoms with van der Waals surface area (Å²) in [6.45, 7) is 0. The van der Waals surface area contributed by atoms with Crippen LogP contribution >= 0.6 is 0 Å². The molecule has 6 aromatic carbocycles. The maximum atomic E-state index is 10.4. The van der Waals surface area contributed by atoms with Crippen molar-refractivity contribution in [1.82, 2.24) is 4.57 Å². The highest BCUT2D eigenvalue weighted by Crippen LogP contribution is 2.43. The van der Waals surface area contributed by atoms with E-state index in [4.69, 9.17) is 8.83 Å². The minimum absolute atomic E-state index is 0.604. The Bertz CT molecular complexity index is 2550. The van der Waals surface area contributed by atoms with Crippen molar-refractivity contribution in [3.05, 3.63) is 127 Å². The van der Waals surface area contributed by atoms with Crippen LogP contribution in [-0.2, 0) is 0 Å². The summed E-state index contributed by atoms with van der Waals surface area (Å²) < 4.78 is 14.8. The van der Waals surface area contributed by atoms with E-state index in [1.165, 1.54) is 0 Å². The number of aromatic nitrogens is 1. The van der Waals surface area contributed by atoms with Crippen LogP contribution in [0.2, 0.25) is 0 Å². The second-order valence-corrected chi connectivity index (χ2v) is 10.4. The monoisotopic (exact) mass is 524 g/mol. The first kappa shape index (κ1) is 22.1. The van der Waals surface area contributed by atoms with Gasteiger partial charge in [0.05, 0.1) is 27.7 Å². The third kappa shape index (κ3) is 2.98. The molecule has 4 nitrogen and oxygen atoms in total. The van der Waals surface area contributed by atoms with Crippen molar-refractivity contribution in [3.8, 4) is 22.9 Å². The van der Waals surface area contributed by atoms with Crippen LogP contribution in [0.15, 0.2) is 130 Å². The first-order valence-electron chi connectivity index (χ1n) is 13.6. The van der Waals surface area contributed by atoms with Gasteiger partial charge in [0.15, 0.2) is 0 Å². The van der Waals surface area contributed by atoms with Gasteiger partial charge in [-0.2, -0.15) is 5.26 Å². The SMILES string of the molecule is N#Cc1cccc(-c2ccc3oc4ccccc4c3c2)c1-n1c2ccccc2c2c3oc4ccccc4c3ccc21. The molecule has 190 valence electrons. The van der Waals surface area contributed by atoms with E-state index in [0.29, 0.717) is 5.56 Å². The van der Waals surface area contributed by atoms with Gasteiger partial charge in [-0.05, 0) is 54.1 Å². The number of furan rings is 2. The molecule has 4 heteroatoms. The van der Waals surface area contributed by atoms with Gasteiger partial charge in [-0.15, -0.1) is 0 Å². The minimum Gasteiger partial charge on any atom is -0.456 e. The number of nitriles is 1. The van der Waals surface area contributed by atoms with Crippen LogP contribution in [0.4, 0.5) is 0 Å². The molecule has 0 spiro atoms. The molecule has 3 heterocycles. The molecule has 0 N–H and O–H groups in total. The van der Waals surface area contributed by atoms with Crippen molar-refractivity contribution in [3.63, 3.8) is 0 Å². The normalized spacial score (nSPS) is 11.9. The number of hydrogen-bond acceptors (Lipinski definition) is 3. The van der Waals surface area contributed by atoms with Crippen LogP contribution in [0.3, 0.4) is 0 Å². The molecule has 41 heavy (non-hydrogen) atoms. The van der Waals surface area contributed by atoms with Crippen molar-refractivity contribution >= 4 is 65.7 Å². The fraction of sp³-hybridized carbons (Fsp3) is 0. The third-order valence-electron chi connectivity index (χ3n) is 8.25. The Balaban J connectivity index is 1.41. The lowest BCUT2D eigenvalue weighted by molar-refractivity contribution is 0.669. The summed E-state index contributed by atoms with van der Waals surface area (Å²) in [4.78, 5) is 0. The van der Waals surface area contributed by atoms with Gasteiger partial charge in [-0.25, -0.2) is 0 Å². The molecule has 0 radical (unpaired) electrons. The predicted molar refractivity (Wildman–Crippen MR) is 165 cm³/mol. The maximum absolute atomic E-state index is 10.4. The van der Waals surface area contributed by atoms with Gasteiger partial charge in [0.1, 0.15) is 28.4 Å². The van der Waals surface area contributed by atoms with Crippen LogP contribution < -0.4 is 0 Å². The standard InChI is InChI=1S/C37H20N2O2/c38-21-23-8-7-12-24(22-16-19-34-29(20-22)26-10-3-5-14-32(26)40-34)36(23)39-30-13-4-1-11-28(30)35-31(39)18-17-27-25-9-2-6-15-33(25)41-37(27)35/h1-20H. The van der Waals surface area contributed by atoms with E-state index in [-0.39, 0.29) is 0 Å². The summed E-state index contributed by atoms with van der Waals surface area (Å²) in [7, 11) is 0. The van der Waals surface area contributed by atoms with Crippen molar-refractivity contribution < 1.29 is 8.83 Å². The smallest absolute Gasteiger partial charge is 0.145 e. The highest BCUT2D eigenvalue weighted by atomic mass is 16.3. The van der Waals surface area contributed by atoms with E-state index in [9.17, 15) is 5.26 Å². The molecule has 9 aromatic rings. The second-order valence-electron chi connectivity index (χ2n) is 10.4. The van der Waals surface area contributed by atoms with Crippen molar-refractivity contribution in [2.45, 2.75) is 0 Å². The second kappa shape index (κ2) is 8.11. The molecule has 0 saturated heterocycles. The van der Waals surface area contributed by atoms with E-state index < -0.39 is 0 Å². The highest BCUT2D eigenvalue weighted by Gasteiger charge is 2.22. The van der Waals surface area contributed by atoms with E-state index in [1.54, 1.807) is 0 Å². The highest BCUT2D eigenvalue weighted by molar-refractivity contribution is 6.24. The van der Waals surface area contributed by atoms with E-state index >= 15 is 0 Å². The summed E-state index contributed by atoms with van der Waals surface area (Å²) in [6, 6.07) is 43.6. The van der Waals surface area contributed by atoms with Crippen LogP contribution in [-0.4, -0.2) is 4.57 Å². The first-order chi connectivity index (χ1) is 20.3. The lowest BCUT2D eigenvalue weighted by atomic mass is 9.98. The van der Waals surface area contributed by atoms with Crippen LogP contribution in [0, 0.1) is 11.3 Å². The lowest BCUT2D eigenvalue weighted by Crippen LogP contribution is -2.00. The van der Waals surface area contributed by atoms with Gasteiger partial charge in [0.25, 0.3) is 0 Å². The van der Waals surface area contributed by atoms with Crippen molar-refractivity contribution in [2.24, 2.45) is 0 Å². The number of benzene rings is 6. The summed E-state index contributed by atoms with van der Waals surface area (Å²) in [5.41, 5.74) is 8.91. The van der Waals surface area contributed by atoms with Crippen molar-refractivity contribution in [1.29, 1.82) is 5.26 Å². The Morgan fingerprint density at radius 2 is 1.24 bits per heavy atom. The molecule has 3 aromatic heterocycles. The zero-order valence-corrected chi connectivity index (χ0v) is 21.8. The third-order valence-corrected chi connectivity index (χ3v) is 8.25. The Hall–Kier alpha value is -5.79. The zero-order valence-electron chi connectivity index (χ0n) is 21.8. The molecule has 0 aliphatic heterocycles. The summed E-state index contributed by atoms with van der Waals surface area (Å²) in [5, 5.41) is 16.8. The summed E-state index contributed by atoms with van der Waals surface area (Å²) in [5.74, 6) is 0. The van der Waals surface area contributed by atoms with Gasteiger partial charge in [-0.1, -0.05) is 72.8 Å². The first-order valence-corrected chi connectivity index (χ1v) is 13.6. The Kier molecular flexibility index (Phi) is 4.37. The Labute approximate surface area is 233 Å². The van der Waals surface area contributed by atoms with Crippen LogP contribution in [0.1, 0.15) is 5.56 Å². The topological polar surface area (TPSA) is 55.0 Å². The van der Waals surface area contributed by atoms with E-state index in [0.717, 1.165) is 82.5 Å². The fourth-order valence-electron chi connectivity index (χ4n) is 6.48. The molecule has 9 rings (SSSR count). The number of nitrogens with zero attached hydrogens (tertiary/aromatic N) is 2. The Morgan fingerprint density at radius 1 is 0.537 bits per heavy atom. The quantitative estimate of drug-likeness (QED) is 0.226. The molecule has 0 fully saturated rings. The molecule has 0 amide bonds. The molecular weight excluding hydrogens is 504 g/mol. The molecule has 0 bridgehead atoms. The van der Waals surface area contributed by atoms with Crippen molar-refractivity contribution in [2.75, 3.05) is 0 Å². The van der Waals surface area contributed by atoms with Gasteiger partial charge >= 0.3 is 0 Å². The molecule has 0 atom stereocenters. The number of fused-ring (bicyclic) bond motifs is 10. The largest absolute Gasteiger partial charge is 0.456 e. The Morgan fingerprint density at radius 3 is 2.07 bits per heavy atom. The van der Waals surface area contributed by atoms with Gasteiger partial charge in [0.2, 0.25) is 0 Å². The molecule has 0 saturated carbocycles. The number of hydrogen-bond donors (Lipinski definition) is 0. The van der Waals surface area contributed by atoms with Crippen LogP contribution in [0.25, 0.3) is 82.5 Å².